The van der Waals surface area contributed by atoms with Gasteiger partial charge in [-0.1, -0.05) is 37.6 Å². The van der Waals surface area contributed by atoms with Gasteiger partial charge in [0.1, 0.15) is 5.02 Å². The summed E-state index contributed by atoms with van der Waals surface area (Å²) < 4.78 is 12.4. The van der Waals surface area contributed by atoms with Crippen molar-refractivity contribution in [2.75, 3.05) is 22.9 Å². The molecule has 2 N–H and O–H groups in total. The highest BCUT2D eigenvalue weighted by atomic mass is 35.5. The van der Waals surface area contributed by atoms with E-state index < -0.39 is 10.8 Å². The number of thiol groups is 1. The van der Waals surface area contributed by atoms with E-state index in [1.54, 1.807) is 0 Å². The number of nitrogens with one attached hydrogen (secondary N) is 2. The van der Waals surface area contributed by atoms with Crippen LogP contribution in [0, 0.1) is 0 Å². The van der Waals surface area contributed by atoms with Crippen LogP contribution in [-0.4, -0.2) is 31.7 Å². The second-order valence-corrected chi connectivity index (χ2v) is 7.84. The van der Waals surface area contributed by atoms with Gasteiger partial charge in [-0.3, -0.25) is 4.21 Å². The van der Waals surface area contributed by atoms with Crippen LogP contribution in [0.4, 0.5) is 17.5 Å². The highest BCUT2D eigenvalue weighted by Crippen LogP contribution is 2.28. The minimum atomic E-state index is -1.11. The van der Waals surface area contributed by atoms with Crippen LogP contribution in [0.3, 0.4) is 0 Å². The Morgan fingerprint density at radius 1 is 1.35 bits per heavy atom. The lowest BCUT2D eigenvalue weighted by Gasteiger charge is -2.14. The number of benzene rings is 1. The van der Waals surface area contributed by atoms with Crippen LogP contribution in [-0.2, 0) is 10.8 Å². The molecule has 0 fully saturated rings. The van der Waals surface area contributed by atoms with Crippen LogP contribution < -0.4 is 10.6 Å². The first kappa shape index (κ1) is 18.0. The summed E-state index contributed by atoms with van der Waals surface area (Å²) in [6.45, 7) is 4.49. The molecule has 0 saturated carbocycles. The van der Waals surface area contributed by atoms with E-state index in [9.17, 15) is 4.21 Å². The topological polar surface area (TPSA) is 66.9 Å². The van der Waals surface area contributed by atoms with E-state index in [0.29, 0.717) is 29.1 Å². The summed E-state index contributed by atoms with van der Waals surface area (Å²) in [7, 11) is -1.11. The molecule has 0 amide bonds. The number of anilines is 3. The number of hydrogen-bond acceptors (Lipinski definition) is 6. The van der Waals surface area contributed by atoms with Crippen molar-refractivity contribution in [1.82, 2.24) is 9.97 Å². The summed E-state index contributed by atoms with van der Waals surface area (Å²) in [6, 6.07) is 7.43. The zero-order chi connectivity index (χ0) is 16.8. The minimum Gasteiger partial charge on any atom is -0.353 e. The first-order chi connectivity index (χ1) is 11.0. The molecule has 1 atom stereocenters. The fourth-order valence-electron chi connectivity index (χ4n) is 1.83. The Labute approximate surface area is 149 Å². The molecule has 2 rings (SSSR count). The maximum atomic E-state index is 12.4. The lowest BCUT2D eigenvalue weighted by molar-refractivity contribution is 0.677. The molecular formula is C15H19ClN4OS2. The first-order valence-electron chi connectivity index (χ1n) is 7.17. The van der Waals surface area contributed by atoms with Gasteiger partial charge >= 0.3 is 0 Å². The van der Waals surface area contributed by atoms with Crippen molar-refractivity contribution < 1.29 is 4.21 Å². The molecule has 0 spiro atoms. The summed E-state index contributed by atoms with van der Waals surface area (Å²) in [5.41, 5.74) is 0.722. The predicted molar refractivity (Wildman–Crippen MR) is 101 cm³/mol. The van der Waals surface area contributed by atoms with E-state index in [1.807, 2.05) is 38.1 Å². The normalized spacial score (nSPS) is 12.2. The van der Waals surface area contributed by atoms with Crippen molar-refractivity contribution in [3.63, 3.8) is 0 Å². The lowest BCUT2D eigenvalue weighted by atomic mass is 10.3. The van der Waals surface area contributed by atoms with Gasteiger partial charge in [0.25, 0.3) is 0 Å². The third kappa shape index (κ3) is 4.83. The number of nitrogens with zero attached hydrogens (tertiary/aromatic N) is 2. The third-order valence-electron chi connectivity index (χ3n) is 2.92. The summed E-state index contributed by atoms with van der Waals surface area (Å²) in [6.07, 6.45) is 1.53. The number of para-hydroxylation sites is 1. The Morgan fingerprint density at radius 3 is 2.78 bits per heavy atom. The fraction of sp³-hybridized carbons (Fsp3) is 0.333. The molecule has 2 aromatic rings. The van der Waals surface area contributed by atoms with Gasteiger partial charge < -0.3 is 10.6 Å². The van der Waals surface area contributed by atoms with E-state index in [-0.39, 0.29) is 5.25 Å². The van der Waals surface area contributed by atoms with E-state index in [0.717, 1.165) is 10.6 Å². The minimum absolute atomic E-state index is 0.0198. The van der Waals surface area contributed by atoms with Crippen molar-refractivity contribution in [3.8, 4) is 0 Å². The molecule has 0 saturated heterocycles. The molecule has 8 heteroatoms. The van der Waals surface area contributed by atoms with Crippen molar-refractivity contribution >= 4 is 52.5 Å². The van der Waals surface area contributed by atoms with E-state index in [4.69, 9.17) is 11.6 Å². The van der Waals surface area contributed by atoms with Crippen molar-refractivity contribution in [2.45, 2.75) is 24.0 Å². The molecule has 1 heterocycles. The molecule has 5 nitrogen and oxygen atoms in total. The molecule has 0 aliphatic rings. The van der Waals surface area contributed by atoms with Gasteiger partial charge in [0.05, 0.1) is 27.6 Å². The molecule has 0 aliphatic carbocycles. The van der Waals surface area contributed by atoms with Crippen molar-refractivity contribution in [3.05, 3.63) is 35.5 Å². The summed E-state index contributed by atoms with van der Waals surface area (Å²) >= 11 is 10.3. The number of halogens is 1. The van der Waals surface area contributed by atoms with Gasteiger partial charge in [-0.15, -0.1) is 0 Å². The van der Waals surface area contributed by atoms with Gasteiger partial charge in [0.2, 0.25) is 5.95 Å². The highest BCUT2D eigenvalue weighted by molar-refractivity contribution is 7.85. The lowest BCUT2D eigenvalue weighted by Crippen LogP contribution is -2.10. The SMILES string of the molecule is CC(C)S(=O)c1ccccc1Nc1nc(NCCS)ncc1Cl. The zero-order valence-electron chi connectivity index (χ0n) is 12.9. The molecule has 124 valence electrons. The Kier molecular flexibility index (Phi) is 6.68. The average molecular weight is 371 g/mol. The van der Waals surface area contributed by atoms with E-state index in [1.165, 1.54) is 6.20 Å². The Bertz CT molecular complexity index is 697. The number of aromatic nitrogens is 2. The van der Waals surface area contributed by atoms with Gasteiger partial charge in [-0.05, 0) is 12.1 Å². The van der Waals surface area contributed by atoms with Crippen LogP contribution in [0.15, 0.2) is 35.4 Å². The largest absolute Gasteiger partial charge is 0.353 e. The Hall–Kier alpha value is -1.31. The second-order valence-electron chi connectivity index (χ2n) is 5.01. The van der Waals surface area contributed by atoms with Crippen LogP contribution in [0.1, 0.15) is 13.8 Å². The zero-order valence-corrected chi connectivity index (χ0v) is 15.4. The van der Waals surface area contributed by atoms with Crippen molar-refractivity contribution in [2.24, 2.45) is 0 Å². The molecule has 1 aromatic heterocycles. The monoisotopic (exact) mass is 370 g/mol. The molecule has 23 heavy (non-hydrogen) atoms. The molecule has 0 radical (unpaired) electrons. The third-order valence-corrected chi connectivity index (χ3v) is 5.07. The second kappa shape index (κ2) is 8.52. The highest BCUT2D eigenvalue weighted by Gasteiger charge is 2.14. The summed E-state index contributed by atoms with van der Waals surface area (Å²) in [4.78, 5) is 9.19. The number of rotatable bonds is 7. The standard InChI is InChI=1S/C15H19ClN4OS2/c1-10(2)23(21)13-6-4-3-5-12(13)19-14-11(16)9-18-15(20-14)17-7-8-22/h3-6,9-10,22H,7-8H2,1-2H3,(H2,17,18,19,20). The quantitative estimate of drug-likeness (QED) is 0.648. The smallest absolute Gasteiger partial charge is 0.224 e. The van der Waals surface area contributed by atoms with Gasteiger partial charge in [0, 0.05) is 17.5 Å². The molecule has 0 bridgehead atoms. The Morgan fingerprint density at radius 2 is 2.09 bits per heavy atom. The van der Waals surface area contributed by atoms with Gasteiger partial charge in [-0.25, -0.2) is 4.98 Å². The number of hydrogen-bond donors (Lipinski definition) is 3. The molecule has 0 aliphatic heterocycles. The summed E-state index contributed by atoms with van der Waals surface area (Å²) in [5.74, 6) is 1.61. The van der Waals surface area contributed by atoms with Gasteiger partial charge in [0.15, 0.2) is 5.82 Å². The Balaban J connectivity index is 2.30. The average Bonchev–Trinajstić information content (AvgIpc) is 2.55. The fourth-order valence-corrected chi connectivity index (χ4v) is 3.14. The summed E-state index contributed by atoms with van der Waals surface area (Å²) in [5, 5.41) is 6.62. The van der Waals surface area contributed by atoms with Crippen LogP contribution in [0.25, 0.3) is 0 Å². The van der Waals surface area contributed by atoms with Crippen LogP contribution >= 0.6 is 24.2 Å². The maximum Gasteiger partial charge on any atom is 0.224 e. The van der Waals surface area contributed by atoms with Crippen molar-refractivity contribution in [1.29, 1.82) is 0 Å². The van der Waals surface area contributed by atoms with Gasteiger partial charge in [-0.2, -0.15) is 17.6 Å². The van der Waals surface area contributed by atoms with Crippen LogP contribution in [0.2, 0.25) is 5.02 Å². The maximum absolute atomic E-state index is 12.4. The first-order valence-corrected chi connectivity index (χ1v) is 9.39. The molecular weight excluding hydrogens is 352 g/mol. The predicted octanol–water partition coefficient (Wildman–Crippen LogP) is 3.73. The molecule has 1 unspecified atom stereocenters. The molecule has 1 aromatic carbocycles. The van der Waals surface area contributed by atoms with E-state index in [2.05, 4.69) is 33.2 Å². The van der Waals surface area contributed by atoms with Crippen LogP contribution in [0.5, 0.6) is 0 Å². The van der Waals surface area contributed by atoms with E-state index >= 15 is 0 Å².